The number of phenolic OH excluding ortho intramolecular Hbond substituents is 4. The molecule has 3 rings (SSSR count). The summed E-state index contributed by atoms with van der Waals surface area (Å²) in [6.45, 7) is -0.680. The monoisotopic (exact) mass is 450 g/mol. The molecule has 32 heavy (non-hydrogen) atoms. The van der Waals surface area contributed by atoms with Crippen LogP contribution in [0.4, 0.5) is 0 Å². The predicted octanol–water partition coefficient (Wildman–Crippen LogP) is -0.416. The highest BCUT2D eigenvalue weighted by atomic mass is 16.7. The first-order valence-electron chi connectivity index (χ1n) is 9.40. The first-order valence-corrected chi connectivity index (χ1v) is 9.40. The van der Waals surface area contributed by atoms with E-state index in [0.717, 1.165) is 18.2 Å². The molecular weight excluding hydrogens is 428 g/mol. The maximum Gasteiger partial charge on any atom is 0.229 e. The van der Waals surface area contributed by atoms with Gasteiger partial charge in [0.05, 0.1) is 12.2 Å². The van der Waals surface area contributed by atoms with Crippen LogP contribution in [0.5, 0.6) is 28.7 Å². The summed E-state index contributed by atoms with van der Waals surface area (Å²) in [6.07, 6.45) is -5.49. The van der Waals surface area contributed by atoms with E-state index in [1.54, 1.807) is 0 Å². The van der Waals surface area contributed by atoms with E-state index < -0.39 is 60.3 Å². The molecule has 11 heteroatoms. The molecule has 8 N–H and O–H groups in total. The molecule has 0 aliphatic carbocycles. The van der Waals surface area contributed by atoms with Crippen molar-refractivity contribution in [3.63, 3.8) is 0 Å². The molecule has 172 valence electrons. The number of phenols is 4. The SMILES string of the molecule is O=C(C=Cc1ccc(O)c(O)c1)c1ccc(O[C@H]2O[C@H](CO)[C@H](O)[C@H](O)[C@H]2O)c(O)c1O. The molecule has 11 nitrogen and oxygen atoms in total. The summed E-state index contributed by atoms with van der Waals surface area (Å²) in [5.41, 5.74) is 0.0998. The number of aliphatic hydroxyl groups is 4. The minimum absolute atomic E-state index is 0.289. The van der Waals surface area contributed by atoms with Crippen molar-refractivity contribution in [1.82, 2.24) is 0 Å². The summed E-state index contributed by atoms with van der Waals surface area (Å²) in [7, 11) is 0. The number of allylic oxidation sites excluding steroid dienone is 1. The fourth-order valence-electron chi connectivity index (χ4n) is 3.05. The van der Waals surface area contributed by atoms with Crippen LogP contribution in [0.25, 0.3) is 6.08 Å². The summed E-state index contributed by atoms with van der Waals surface area (Å²) in [6, 6.07) is 6.13. The molecule has 2 aromatic carbocycles. The molecule has 1 heterocycles. The molecule has 1 aliphatic heterocycles. The molecule has 1 fully saturated rings. The van der Waals surface area contributed by atoms with Gasteiger partial charge in [-0.3, -0.25) is 4.79 Å². The zero-order valence-corrected chi connectivity index (χ0v) is 16.4. The third-order valence-electron chi connectivity index (χ3n) is 4.90. The molecule has 0 spiro atoms. The number of carbonyl (C=O) groups excluding carboxylic acids is 1. The highest BCUT2D eigenvalue weighted by molar-refractivity contribution is 6.09. The predicted molar refractivity (Wildman–Crippen MR) is 107 cm³/mol. The van der Waals surface area contributed by atoms with Crippen molar-refractivity contribution in [2.24, 2.45) is 0 Å². The standard InChI is InChI=1S/C21H22O11/c22-8-15-18(28)19(29)20(30)21(32-15)31-14-6-3-10(16(26)17(14)27)11(23)4-1-9-2-5-12(24)13(25)7-9/h1-7,15,18-22,24-30H,8H2/t15-,18+,19+,20-,21+/m1/s1. The van der Waals surface area contributed by atoms with Gasteiger partial charge in [-0.05, 0) is 35.9 Å². The van der Waals surface area contributed by atoms with Crippen molar-refractivity contribution >= 4 is 11.9 Å². The highest BCUT2D eigenvalue weighted by Crippen LogP contribution is 2.40. The van der Waals surface area contributed by atoms with Gasteiger partial charge in [-0.2, -0.15) is 0 Å². The Morgan fingerprint density at radius 3 is 2.31 bits per heavy atom. The Balaban J connectivity index is 1.78. The second kappa shape index (κ2) is 9.42. The number of ether oxygens (including phenoxy) is 2. The van der Waals surface area contributed by atoms with Crippen LogP contribution >= 0.6 is 0 Å². The molecule has 0 unspecified atom stereocenters. The second-order valence-corrected chi connectivity index (χ2v) is 7.07. The normalized spacial score (nSPS) is 25.7. The summed E-state index contributed by atoms with van der Waals surface area (Å²) < 4.78 is 10.4. The Kier molecular flexibility index (Phi) is 6.87. The number of aliphatic hydroxyl groups excluding tert-OH is 4. The van der Waals surface area contributed by atoms with Crippen LogP contribution in [0.15, 0.2) is 36.4 Å². The highest BCUT2D eigenvalue weighted by Gasteiger charge is 2.45. The van der Waals surface area contributed by atoms with Crippen LogP contribution in [0.3, 0.4) is 0 Å². The molecular formula is C21H22O11. The maximum absolute atomic E-state index is 12.4. The summed E-state index contributed by atoms with van der Waals surface area (Å²) in [5.74, 6) is -3.47. The molecule has 0 bridgehead atoms. The van der Waals surface area contributed by atoms with Gasteiger partial charge in [-0.25, -0.2) is 0 Å². The Bertz CT molecular complexity index is 1020. The number of hydrogen-bond donors (Lipinski definition) is 8. The lowest BCUT2D eigenvalue weighted by atomic mass is 9.99. The van der Waals surface area contributed by atoms with E-state index in [-0.39, 0.29) is 17.1 Å². The first kappa shape index (κ1) is 23.3. The van der Waals surface area contributed by atoms with Gasteiger partial charge < -0.3 is 50.3 Å². The number of aromatic hydroxyl groups is 4. The van der Waals surface area contributed by atoms with Crippen molar-refractivity contribution in [2.45, 2.75) is 30.7 Å². The Morgan fingerprint density at radius 1 is 0.938 bits per heavy atom. The van der Waals surface area contributed by atoms with Crippen LogP contribution < -0.4 is 4.74 Å². The lowest BCUT2D eigenvalue weighted by molar-refractivity contribution is -0.277. The van der Waals surface area contributed by atoms with E-state index >= 15 is 0 Å². The van der Waals surface area contributed by atoms with Gasteiger partial charge in [-0.15, -0.1) is 0 Å². The number of carbonyl (C=O) groups is 1. The van der Waals surface area contributed by atoms with Crippen LogP contribution in [-0.4, -0.2) is 83.9 Å². The minimum Gasteiger partial charge on any atom is -0.504 e. The fraction of sp³-hybridized carbons (Fsp3) is 0.286. The molecule has 0 radical (unpaired) electrons. The average Bonchev–Trinajstić information content (AvgIpc) is 2.77. The first-order chi connectivity index (χ1) is 15.1. The van der Waals surface area contributed by atoms with Gasteiger partial charge in [0, 0.05) is 0 Å². The van der Waals surface area contributed by atoms with E-state index in [1.807, 2.05) is 0 Å². The van der Waals surface area contributed by atoms with Gasteiger partial charge in [0.1, 0.15) is 24.4 Å². The molecule has 1 aliphatic rings. The molecule has 5 atom stereocenters. The third-order valence-corrected chi connectivity index (χ3v) is 4.90. The Morgan fingerprint density at radius 2 is 1.66 bits per heavy atom. The number of rotatable bonds is 6. The molecule has 1 saturated heterocycles. The number of hydrogen-bond acceptors (Lipinski definition) is 11. The summed E-state index contributed by atoms with van der Waals surface area (Å²) in [4.78, 5) is 12.4. The van der Waals surface area contributed by atoms with E-state index in [1.165, 1.54) is 24.3 Å². The molecule has 0 saturated carbocycles. The average molecular weight is 450 g/mol. The molecule has 2 aromatic rings. The van der Waals surface area contributed by atoms with Crippen molar-refractivity contribution in [2.75, 3.05) is 6.61 Å². The van der Waals surface area contributed by atoms with Crippen LogP contribution in [0.2, 0.25) is 0 Å². The van der Waals surface area contributed by atoms with E-state index in [9.17, 15) is 45.6 Å². The fourth-order valence-corrected chi connectivity index (χ4v) is 3.05. The van der Waals surface area contributed by atoms with Gasteiger partial charge in [0.15, 0.2) is 28.8 Å². The van der Waals surface area contributed by atoms with Crippen molar-refractivity contribution in [1.29, 1.82) is 0 Å². The molecule has 0 amide bonds. The second-order valence-electron chi connectivity index (χ2n) is 7.07. The zero-order valence-electron chi connectivity index (χ0n) is 16.4. The van der Waals surface area contributed by atoms with E-state index in [4.69, 9.17) is 9.47 Å². The third kappa shape index (κ3) is 4.61. The van der Waals surface area contributed by atoms with Crippen LogP contribution in [-0.2, 0) is 4.74 Å². The smallest absolute Gasteiger partial charge is 0.229 e. The maximum atomic E-state index is 12.4. The van der Waals surface area contributed by atoms with Gasteiger partial charge in [0.25, 0.3) is 0 Å². The number of ketones is 1. The number of benzene rings is 2. The van der Waals surface area contributed by atoms with Crippen LogP contribution in [0.1, 0.15) is 15.9 Å². The van der Waals surface area contributed by atoms with E-state index in [0.29, 0.717) is 5.56 Å². The Labute approximate surface area is 181 Å². The quantitative estimate of drug-likeness (QED) is 0.162. The van der Waals surface area contributed by atoms with Crippen molar-refractivity contribution < 1.29 is 55.1 Å². The van der Waals surface area contributed by atoms with Gasteiger partial charge in [0.2, 0.25) is 12.0 Å². The van der Waals surface area contributed by atoms with Gasteiger partial charge in [-0.1, -0.05) is 12.1 Å². The van der Waals surface area contributed by atoms with Crippen LogP contribution in [0, 0.1) is 0 Å². The Hall–Kier alpha value is -3.35. The van der Waals surface area contributed by atoms with Crippen molar-refractivity contribution in [3.8, 4) is 28.7 Å². The molecule has 0 aromatic heterocycles. The zero-order chi connectivity index (χ0) is 23.6. The summed E-state index contributed by atoms with van der Waals surface area (Å²) in [5, 5.41) is 78.1. The largest absolute Gasteiger partial charge is 0.504 e. The van der Waals surface area contributed by atoms with E-state index in [2.05, 4.69) is 0 Å². The topological polar surface area (TPSA) is 197 Å². The lowest BCUT2D eigenvalue weighted by Gasteiger charge is -2.39. The van der Waals surface area contributed by atoms with Gasteiger partial charge >= 0.3 is 0 Å². The minimum atomic E-state index is -1.74. The van der Waals surface area contributed by atoms with Crippen molar-refractivity contribution in [3.05, 3.63) is 47.5 Å². The summed E-state index contributed by atoms with van der Waals surface area (Å²) >= 11 is 0. The lowest BCUT2D eigenvalue weighted by Crippen LogP contribution is -2.60.